The van der Waals surface area contributed by atoms with Gasteiger partial charge in [0.15, 0.2) is 0 Å². The van der Waals surface area contributed by atoms with Crippen LogP contribution in [-0.2, 0) is 14.4 Å². The van der Waals surface area contributed by atoms with E-state index in [1.54, 1.807) is 6.92 Å². The summed E-state index contributed by atoms with van der Waals surface area (Å²) in [5.74, 6) is -0.244. The van der Waals surface area contributed by atoms with Crippen molar-refractivity contribution in [2.75, 3.05) is 13.1 Å². The molecule has 2 amide bonds. The highest BCUT2D eigenvalue weighted by atomic mass is 16.2. The maximum atomic E-state index is 11.6. The molecule has 1 N–H and O–H groups in total. The maximum Gasteiger partial charge on any atom is 0.243 e. The van der Waals surface area contributed by atoms with E-state index in [9.17, 15) is 14.4 Å². The van der Waals surface area contributed by atoms with Gasteiger partial charge in [-0.3, -0.25) is 19.8 Å². The number of piperazine rings is 1. The van der Waals surface area contributed by atoms with E-state index >= 15 is 0 Å². The van der Waals surface area contributed by atoms with Gasteiger partial charge in [0.25, 0.3) is 0 Å². The van der Waals surface area contributed by atoms with E-state index in [-0.39, 0.29) is 30.2 Å². The number of amides is 2. The van der Waals surface area contributed by atoms with Gasteiger partial charge in [-0.25, -0.2) is 0 Å². The van der Waals surface area contributed by atoms with Crippen molar-refractivity contribution in [1.29, 1.82) is 0 Å². The summed E-state index contributed by atoms with van der Waals surface area (Å²) in [4.78, 5) is 35.5. The summed E-state index contributed by atoms with van der Waals surface area (Å²) in [6.45, 7) is 4.49. The summed E-state index contributed by atoms with van der Waals surface area (Å²) in [5, 5.41) is 2.35. The molecule has 1 saturated heterocycles. The Balaban J connectivity index is 2.40. The molecule has 0 bridgehead atoms. The largest absolute Gasteiger partial charge is 0.300 e. The Kier molecular flexibility index (Phi) is 5.28. The van der Waals surface area contributed by atoms with Gasteiger partial charge in [0.2, 0.25) is 11.8 Å². The zero-order chi connectivity index (χ0) is 12.8. The molecule has 1 unspecified atom stereocenters. The van der Waals surface area contributed by atoms with Crippen LogP contribution in [0, 0.1) is 0 Å². The number of imide groups is 1. The lowest BCUT2D eigenvalue weighted by atomic mass is 10.1. The molecular formula is C12H20N2O3. The minimum Gasteiger partial charge on any atom is -0.300 e. The van der Waals surface area contributed by atoms with Crippen molar-refractivity contribution in [1.82, 2.24) is 10.2 Å². The fourth-order valence-corrected chi connectivity index (χ4v) is 2.09. The van der Waals surface area contributed by atoms with Gasteiger partial charge in [0, 0.05) is 6.42 Å². The number of nitrogens with zero attached hydrogens (tertiary/aromatic N) is 1. The van der Waals surface area contributed by atoms with Crippen molar-refractivity contribution in [2.24, 2.45) is 0 Å². The fraction of sp³-hybridized carbons (Fsp3) is 0.750. The lowest BCUT2D eigenvalue weighted by Gasteiger charge is -2.33. The van der Waals surface area contributed by atoms with Crippen molar-refractivity contribution in [3.63, 3.8) is 0 Å². The number of hydrogen-bond donors (Lipinski definition) is 1. The van der Waals surface area contributed by atoms with E-state index in [0.717, 1.165) is 12.8 Å². The Morgan fingerprint density at radius 3 is 2.71 bits per heavy atom. The van der Waals surface area contributed by atoms with E-state index in [2.05, 4.69) is 5.32 Å². The standard InChI is InChI=1S/C12H20N2O3/c1-3-10-12(17)13-11(16)8-14(10)7-5-4-6-9(2)15/h10H,3-8H2,1-2H3,(H,13,16,17). The van der Waals surface area contributed by atoms with Crippen molar-refractivity contribution in [3.8, 4) is 0 Å². The van der Waals surface area contributed by atoms with E-state index in [1.807, 2.05) is 11.8 Å². The number of carbonyl (C=O) groups excluding carboxylic acids is 3. The molecule has 0 radical (unpaired) electrons. The molecule has 1 aliphatic rings. The highest BCUT2D eigenvalue weighted by molar-refractivity contribution is 6.01. The molecule has 0 spiro atoms. The lowest BCUT2D eigenvalue weighted by Crippen LogP contribution is -2.57. The number of nitrogens with one attached hydrogen (secondary N) is 1. The van der Waals surface area contributed by atoms with E-state index in [1.165, 1.54) is 0 Å². The second-order valence-corrected chi connectivity index (χ2v) is 4.47. The lowest BCUT2D eigenvalue weighted by molar-refractivity contribution is -0.140. The van der Waals surface area contributed by atoms with E-state index in [4.69, 9.17) is 0 Å². The molecular weight excluding hydrogens is 220 g/mol. The van der Waals surface area contributed by atoms with Crippen LogP contribution in [0.2, 0.25) is 0 Å². The predicted octanol–water partition coefficient (Wildman–Crippen LogP) is 0.483. The molecule has 1 heterocycles. The molecule has 96 valence electrons. The average Bonchev–Trinajstić information content (AvgIpc) is 2.23. The van der Waals surface area contributed by atoms with Crippen LogP contribution in [0.3, 0.4) is 0 Å². The molecule has 1 fully saturated rings. The predicted molar refractivity (Wildman–Crippen MR) is 63.3 cm³/mol. The van der Waals surface area contributed by atoms with Crippen molar-refractivity contribution < 1.29 is 14.4 Å². The highest BCUT2D eigenvalue weighted by Gasteiger charge is 2.31. The Morgan fingerprint density at radius 1 is 1.41 bits per heavy atom. The van der Waals surface area contributed by atoms with Gasteiger partial charge >= 0.3 is 0 Å². The van der Waals surface area contributed by atoms with Gasteiger partial charge in [-0.1, -0.05) is 6.92 Å². The van der Waals surface area contributed by atoms with Gasteiger partial charge in [-0.2, -0.15) is 0 Å². The summed E-state index contributed by atoms with van der Waals surface area (Å²) in [6.07, 6.45) is 2.94. The Labute approximate surface area is 102 Å². The van der Waals surface area contributed by atoms with Crippen LogP contribution in [0.15, 0.2) is 0 Å². The first-order valence-corrected chi connectivity index (χ1v) is 6.11. The minimum atomic E-state index is -0.230. The van der Waals surface area contributed by atoms with Crippen LogP contribution < -0.4 is 5.32 Å². The number of Topliss-reactive ketones (excluding diaryl/α,β-unsaturated/α-hetero) is 1. The molecule has 0 aromatic rings. The highest BCUT2D eigenvalue weighted by Crippen LogP contribution is 2.10. The smallest absolute Gasteiger partial charge is 0.243 e. The number of ketones is 1. The molecule has 1 rings (SSSR count). The Morgan fingerprint density at radius 2 is 2.12 bits per heavy atom. The normalized spacial score (nSPS) is 21.4. The monoisotopic (exact) mass is 240 g/mol. The van der Waals surface area contributed by atoms with Crippen LogP contribution in [0.1, 0.15) is 39.5 Å². The number of unbranched alkanes of at least 4 members (excludes halogenated alkanes) is 1. The van der Waals surface area contributed by atoms with Gasteiger partial charge in [-0.05, 0) is 32.7 Å². The molecule has 0 aliphatic carbocycles. The zero-order valence-electron chi connectivity index (χ0n) is 10.5. The molecule has 17 heavy (non-hydrogen) atoms. The molecule has 5 nitrogen and oxygen atoms in total. The van der Waals surface area contributed by atoms with E-state index in [0.29, 0.717) is 19.4 Å². The molecule has 1 aliphatic heterocycles. The summed E-state index contributed by atoms with van der Waals surface area (Å²) in [6, 6.07) is -0.204. The topological polar surface area (TPSA) is 66.5 Å². The number of rotatable bonds is 6. The average molecular weight is 240 g/mol. The Bertz CT molecular complexity index is 315. The third kappa shape index (κ3) is 4.26. The second kappa shape index (κ2) is 6.49. The first kappa shape index (κ1) is 13.8. The van der Waals surface area contributed by atoms with Crippen molar-refractivity contribution >= 4 is 17.6 Å². The second-order valence-electron chi connectivity index (χ2n) is 4.47. The van der Waals surface area contributed by atoms with Crippen LogP contribution in [0.5, 0.6) is 0 Å². The third-order valence-corrected chi connectivity index (χ3v) is 2.96. The molecule has 5 heteroatoms. The molecule has 1 atom stereocenters. The first-order chi connectivity index (χ1) is 8.04. The van der Waals surface area contributed by atoms with Crippen LogP contribution in [0.4, 0.5) is 0 Å². The van der Waals surface area contributed by atoms with Crippen LogP contribution in [0.25, 0.3) is 0 Å². The van der Waals surface area contributed by atoms with Crippen LogP contribution in [-0.4, -0.2) is 41.6 Å². The summed E-state index contributed by atoms with van der Waals surface area (Å²) in [5.41, 5.74) is 0. The van der Waals surface area contributed by atoms with Gasteiger partial charge < -0.3 is 4.79 Å². The zero-order valence-corrected chi connectivity index (χ0v) is 10.5. The van der Waals surface area contributed by atoms with Gasteiger partial charge in [-0.15, -0.1) is 0 Å². The quantitative estimate of drug-likeness (QED) is 0.542. The third-order valence-electron chi connectivity index (χ3n) is 2.96. The fourth-order valence-electron chi connectivity index (χ4n) is 2.09. The van der Waals surface area contributed by atoms with Crippen molar-refractivity contribution in [3.05, 3.63) is 0 Å². The SMILES string of the molecule is CCC1C(=O)NC(=O)CN1CCCCC(C)=O. The summed E-state index contributed by atoms with van der Waals surface area (Å²) in [7, 11) is 0. The number of hydrogen-bond acceptors (Lipinski definition) is 4. The summed E-state index contributed by atoms with van der Waals surface area (Å²) < 4.78 is 0. The summed E-state index contributed by atoms with van der Waals surface area (Å²) >= 11 is 0. The van der Waals surface area contributed by atoms with Gasteiger partial charge in [0.05, 0.1) is 12.6 Å². The molecule has 0 aromatic carbocycles. The van der Waals surface area contributed by atoms with Gasteiger partial charge in [0.1, 0.15) is 5.78 Å². The van der Waals surface area contributed by atoms with E-state index < -0.39 is 0 Å². The molecule has 0 saturated carbocycles. The Hall–Kier alpha value is -1.23. The molecule has 0 aromatic heterocycles. The minimum absolute atomic E-state index is 0.185. The maximum absolute atomic E-state index is 11.6. The van der Waals surface area contributed by atoms with Crippen molar-refractivity contribution in [2.45, 2.75) is 45.6 Å². The van der Waals surface area contributed by atoms with Crippen LogP contribution >= 0.6 is 0 Å². The first-order valence-electron chi connectivity index (χ1n) is 6.11. The number of carbonyl (C=O) groups is 3.